The molecule has 0 heterocycles. The molecule has 0 spiro atoms. The van der Waals surface area contributed by atoms with Crippen LogP contribution in [0.3, 0.4) is 0 Å². The normalized spacial score (nSPS) is 12.5. The second-order valence-electron chi connectivity index (χ2n) is 2.41. The molecule has 0 aliphatic rings. The zero-order valence-electron chi connectivity index (χ0n) is 6.95. The Kier molecular flexibility index (Phi) is 3.48. The van der Waals surface area contributed by atoms with Crippen LogP contribution in [0.2, 0.25) is 0 Å². The third kappa shape index (κ3) is 2.97. The molecule has 0 aliphatic heterocycles. The van der Waals surface area contributed by atoms with Crippen LogP contribution < -0.4 is 4.18 Å². The van der Waals surface area contributed by atoms with Gasteiger partial charge in [-0.1, -0.05) is 12.1 Å². The minimum absolute atomic E-state index is 0.280. The first-order valence-corrected chi connectivity index (χ1v) is 5.98. The molecule has 0 unspecified atom stereocenters. The Bertz CT molecular complexity index is 455. The largest absolute Gasteiger partial charge is 0.534 e. The van der Waals surface area contributed by atoms with Gasteiger partial charge in [-0.2, -0.15) is 21.6 Å². The molecule has 1 aromatic carbocycles. The lowest BCUT2D eigenvalue weighted by Gasteiger charge is -2.10. The van der Waals surface area contributed by atoms with E-state index >= 15 is 0 Å². The van der Waals surface area contributed by atoms with Crippen molar-refractivity contribution in [3.63, 3.8) is 0 Å². The van der Waals surface area contributed by atoms with Gasteiger partial charge in [-0.05, 0) is 34.7 Å². The first-order valence-electron chi connectivity index (χ1n) is 3.49. The summed E-state index contributed by atoms with van der Waals surface area (Å²) in [5.74, 6) is -0.338. The molecule has 0 aliphatic carbocycles. The SMILES string of the molecule is O=S(=O)(Oc1ccccc1I)C(F)(F)F. The molecule has 0 saturated carbocycles. The molecule has 84 valence electrons. The predicted octanol–water partition coefficient (Wildman–Crippen LogP) is 2.52. The lowest BCUT2D eigenvalue weighted by atomic mass is 10.3. The van der Waals surface area contributed by atoms with Crippen molar-refractivity contribution in [1.29, 1.82) is 0 Å². The highest BCUT2D eigenvalue weighted by Crippen LogP contribution is 2.29. The molecular formula is C7H4F3IO3S. The maximum absolute atomic E-state index is 11.9. The van der Waals surface area contributed by atoms with Gasteiger partial charge < -0.3 is 4.18 Å². The summed E-state index contributed by atoms with van der Waals surface area (Å²) in [6.07, 6.45) is 0. The summed E-state index contributed by atoms with van der Waals surface area (Å²) in [6, 6.07) is 5.51. The van der Waals surface area contributed by atoms with Crippen LogP contribution in [0.5, 0.6) is 5.75 Å². The van der Waals surface area contributed by atoms with Crippen LogP contribution in [-0.4, -0.2) is 13.9 Å². The number of hydrogen-bond acceptors (Lipinski definition) is 3. The van der Waals surface area contributed by atoms with Gasteiger partial charge in [-0.25, -0.2) is 0 Å². The second-order valence-corrected chi connectivity index (χ2v) is 5.11. The number of rotatable bonds is 2. The zero-order valence-corrected chi connectivity index (χ0v) is 9.93. The van der Waals surface area contributed by atoms with Crippen LogP contribution >= 0.6 is 22.6 Å². The Hall–Kier alpha value is -0.510. The average Bonchev–Trinajstić information content (AvgIpc) is 2.06. The highest BCUT2D eigenvalue weighted by Gasteiger charge is 2.48. The average molecular weight is 352 g/mol. The Balaban J connectivity index is 3.03. The summed E-state index contributed by atoms with van der Waals surface area (Å²) >= 11 is 1.67. The highest BCUT2D eigenvalue weighted by atomic mass is 127. The molecular weight excluding hydrogens is 348 g/mol. The molecule has 8 heteroatoms. The number of benzene rings is 1. The summed E-state index contributed by atoms with van der Waals surface area (Å²) in [5, 5.41) is 0. The van der Waals surface area contributed by atoms with E-state index in [-0.39, 0.29) is 9.32 Å². The number of hydrogen-bond donors (Lipinski definition) is 0. The third-order valence-corrected chi connectivity index (χ3v) is 3.18. The lowest BCUT2D eigenvalue weighted by molar-refractivity contribution is -0.0500. The van der Waals surface area contributed by atoms with E-state index in [1.54, 1.807) is 28.7 Å². The minimum atomic E-state index is -5.58. The van der Waals surface area contributed by atoms with Crippen molar-refractivity contribution in [2.45, 2.75) is 5.51 Å². The molecule has 1 rings (SSSR count). The van der Waals surface area contributed by atoms with E-state index in [1.807, 2.05) is 0 Å². The van der Waals surface area contributed by atoms with Gasteiger partial charge in [-0.3, -0.25) is 0 Å². The second kappa shape index (κ2) is 4.16. The van der Waals surface area contributed by atoms with E-state index in [4.69, 9.17) is 0 Å². The van der Waals surface area contributed by atoms with Gasteiger partial charge >= 0.3 is 15.6 Å². The maximum Gasteiger partial charge on any atom is 0.534 e. The van der Waals surface area contributed by atoms with Crippen molar-refractivity contribution in [3.05, 3.63) is 27.8 Å². The molecule has 0 saturated heterocycles. The first kappa shape index (κ1) is 12.6. The first-order chi connectivity index (χ1) is 6.74. The van der Waals surface area contributed by atoms with Crippen LogP contribution in [0.1, 0.15) is 0 Å². The Labute approximate surface area is 97.5 Å². The minimum Gasteiger partial charge on any atom is -0.375 e. The van der Waals surface area contributed by atoms with Gasteiger partial charge in [0.2, 0.25) is 0 Å². The molecule has 0 radical (unpaired) electrons. The summed E-state index contributed by atoms with van der Waals surface area (Å²) in [6.45, 7) is 0. The molecule has 0 atom stereocenters. The van der Waals surface area contributed by atoms with E-state index in [0.29, 0.717) is 0 Å². The van der Waals surface area contributed by atoms with Gasteiger partial charge in [0.15, 0.2) is 5.75 Å². The van der Waals surface area contributed by atoms with Crippen molar-refractivity contribution in [3.8, 4) is 5.75 Å². The Morgan fingerprint density at radius 2 is 1.73 bits per heavy atom. The van der Waals surface area contributed by atoms with E-state index in [2.05, 4.69) is 4.18 Å². The van der Waals surface area contributed by atoms with E-state index < -0.39 is 15.6 Å². The van der Waals surface area contributed by atoms with E-state index in [9.17, 15) is 21.6 Å². The van der Waals surface area contributed by atoms with Gasteiger partial charge in [0.25, 0.3) is 0 Å². The summed E-state index contributed by atoms with van der Waals surface area (Å²) < 4.78 is 61.3. The third-order valence-electron chi connectivity index (χ3n) is 1.32. The molecule has 3 nitrogen and oxygen atoms in total. The molecule has 0 bridgehead atoms. The molecule has 15 heavy (non-hydrogen) atoms. The number of alkyl halides is 3. The summed E-state index contributed by atoms with van der Waals surface area (Å²) in [5.41, 5.74) is -5.41. The maximum atomic E-state index is 11.9. The van der Waals surface area contributed by atoms with Gasteiger partial charge in [0.05, 0.1) is 3.57 Å². The van der Waals surface area contributed by atoms with Crippen molar-refractivity contribution < 1.29 is 25.8 Å². The fourth-order valence-corrected chi connectivity index (χ4v) is 1.80. The quantitative estimate of drug-likeness (QED) is 0.467. The van der Waals surface area contributed by atoms with E-state index in [1.165, 1.54) is 12.1 Å². The summed E-state index contributed by atoms with van der Waals surface area (Å²) in [7, 11) is -5.58. The molecule has 0 amide bonds. The number of para-hydroxylation sites is 1. The topological polar surface area (TPSA) is 43.4 Å². The van der Waals surface area contributed by atoms with Crippen LogP contribution in [0, 0.1) is 3.57 Å². The number of halogens is 4. The van der Waals surface area contributed by atoms with Gasteiger partial charge in [-0.15, -0.1) is 0 Å². The lowest BCUT2D eigenvalue weighted by Crippen LogP contribution is -2.28. The highest BCUT2D eigenvalue weighted by molar-refractivity contribution is 14.1. The van der Waals surface area contributed by atoms with Crippen LogP contribution in [-0.2, 0) is 10.1 Å². The standard InChI is InChI=1S/C7H4F3IO3S/c8-7(9,10)15(12,13)14-6-4-2-1-3-5(6)11/h1-4H. The van der Waals surface area contributed by atoms with Crippen LogP contribution in [0.4, 0.5) is 13.2 Å². The zero-order chi connectivity index (χ0) is 11.7. The van der Waals surface area contributed by atoms with E-state index in [0.717, 1.165) is 6.07 Å². The summed E-state index contributed by atoms with van der Waals surface area (Å²) in [4.78, 5) is 0. The van der Waals surface area contributed by atoms with Crippen molar-refractivity contribution in [2.24, 2.45) is 0 Å². The van der Waals surface area contributed by atoms with Crippen LogP contribution in [0.25, 0.3) is 0 Å². The molecule has 1 aromatic rings. The van der Waals surface area contributed by atoms with Gasteiger partial charge in [0.1, 0.15) is 0 Å². The van der Waals surface area contributed by atoms with Crippen LogP contribution in [0.15, 0.2) is 24.3 Å². The Morgan fingerprint density at radius 1 is 1.20 bits per heavy atom. The monoisotopic (exact) mass is 352 g/mol. The predicted molar refractivity (Wildman–Crippen MR) is 54.8 cm³/mol. The Morgan fingerprint density at radius 3 is 2.20 bits per heavy atom. The fraction of sp³-hybridized carbons (Fsp3) is 0.143. The van der Waals surface area contributed by atoms with Crippen molar-refractivity contribution in [1.82, 2.24) is 0 Å². The molecule has 0 aromatic heterocycles. The smallest absolute Gasteiger partial charge is 0.375 e. The molecule has 0 fully saturated rings. The van der Waals surface area contributed by atoms with Crippen molar-refractivity contribution >= 4 is 32.7 Å². The fourth-order valence-electron chi connectivity index (χ4n) is 0.678. The van der Waals surface area contributed by atoms with Crippen molar-refractivity contribution in [2.75, 3.05) is 0 Å². The van der Waals surface area contributed by atoms with Gasteiger partial charge in [0, 0.05) is 0 Å². The molecule has 0 N–H and O–H groups in total.